The fraction of sp³-hybridized carbons (Fsp3) is 0.541. The molecule has 10 nitrogen and oxygen atoms in total. The highest BCUT2D eigenvalue weighted by atomic mass is 35.5. The molecule has 8 rings (SSSR count). The number of likely N-dealkylation sites (tertiary alicyclic amines) is 1. The van der Waals surface area contributed by atoms with Gasteiger partial charge in [-0.05, 0) is 62.7 Å². The van der Waals surface area contributed by atoms with Gasteiger partial charge in [0.2, 0.25) is 5.91 Å². The summed E-state index contributed by atoms with van der Waals surface area (Å²) in [5.41, 5.74) is 3.45. The van der Waals surface area contributed by atoms with Crippen LogP contribution in [0.1, 0.15) is 36.9 Å². The van der Waals surface area contributed by atoms with Crippen LogP contribution < -0.4 is 14.5 Å². The van der Waals surface area contributed by atoms with Gasteiger partial charge in [-0.2, -0.15) is 9.97 Å². The van der Waals surface area contributed by atoms with Gasteiger partial charge in [-0.15, -0.1) is 0 Å². The second-order valence-electron chi connectivity index (χ2n) is 14.0. The Morgan fingerprint density at radius 3 is 2.52 bits per heavy atom. The zero-order valence-corrected chi connectivity index (χ0v) is 28.7. The van der Waals surface area contributed by atoms with Crippen molar-refractivity contribution < 1.29 is 14.3 Å². The van der Waals surface area contributed by atoms with Crippen LogP contribution in [0.25, 0.3) is 10.8 Å². The Balaban J connectivity index is 1.01. The number of halogens is 1. The van der Waals surface area contributed by atoms with Gasteiger partial charge in [0.1, 0.15) is 12.4 Å². The summed E-state index contributed by atoms with van der Waals surface area (Å²) in [5.74, 6) is 1.04. The zero-order chi connectivity index (χ0) is 32.7. The highest BCUT2D eigenvalue weighted by Gasteiger charge is 2.45. The average Bonchev–Trinajstić information content (AvgIpc) is 3.68. The molecular formula is C37H46ClN7O3. The van der Waals surface area contributed by atoms with Crippen molar-refractivity contribution in [2.75, 3.05) is 89.0 Å². The standard InChI is InChI=1S/C37H46ClN7O3/c1-47-28-23-41(24-28)15-4-11-33(46)42-19-21-43(22-20-42)35-29-12-18-44(32-10-3-8-27-7-2-9-30(38)34(27)32)25-31(29)39-36(40-35)48-26-37-13-5-16-45(37)17-6-14-37/h2-4,7-11,28H,5-6,12-26H2,1H3/b11-4+. The van der Waals surface area contributed by atoms with E-state index in [0.29, 0.717) is 38.4 Å². The molecule has 4 saturated heterocycles. The molecule has 0 bridgehead atoms. The monoisotopic (exact) mass is 671 g/mol. The van der Waals surface area contributed by atoms with E-state index in [4.69, 9.17) is 31.0 Å². The molecule has 0 aliphatic carbocycles. The van der Waals surface area contributed by atoms with Gasteiger partial charge in [-0.25, -0.2) is 0 Å². The van der Waals surface area contributed by atoms with Crippen molar-refractivity contribution in [1.82, 2.24) is 24.7 Å². The van der Waals surface area contributed by atoms with Crippen LogP contribution in [0.2, 0.25) is 5.02 Å². The quantitative estimate of drug-likeness (QED) is 0.308. The van der Waals surface area contributed by atoms with E-state index < -0.39 is 0 Å². The molecule has 0 radical (unpaired) electrons. The van der Waals surface area contributed by atoms with Gasteiger partial charge in [-0.3, -0.25) is 14.6 Å². The summed E-state index contributed by atoms with van der Waals surface area (Å²) in [6, 6.07) is 13.0. The Kier molecular flexibility index (Phi) is 8.92. The first-order valence-corrected chi connectivity index (χ1v) is 18.0. The van der Waals surface area contributed by atoms with Crippen molar-refractivity contribution in [1.29, 1.82) is 0 Å². The Morgan fingerprint density at radius 2 is 1.75 bits per heavy atom. The molecule has 2 aromatic carbocycles. The molecule has 48 heavy (non-hydrogen) atoms. The molecule has 11 heteroatoms. The lowest BCUT2D eigenvalue weighted by Crippen LogP contribution is -2.51. The lowest BCUT2D eigenvalue weighted by molar-refractivity contribution is -0.126. The maximum absolute atomic E-state index is 13.0. The molecule has 0 spiro atoms. The molecule has 1 amide bonds. The molecule has 0 saturated carbocycles. The predicted molar refractivity (Wildman–Crippen MR) is 189 cm³/mol. The number of carbonyl (C=O) groups is 1. The molecule has 0 atom stereocenters. The molecule has 0 unspecified atom stereocenters. The van der Waals surface area contributed by atoms with Crippen molar-refractivity contribution >= 4 is 39.8 Å². The maximum Gasteiger partial charge on any atom is 0.318 e. The van der Waals surface area contributed by atoms with Gasteiger partial charge in [0.05, 0.1) is 28.9 Å². The van der Waals surface area contributed by atoms with Gasteiger partial charge in [0.25, 0.3) is 0 Å². The number of benzene rings is 2. The van der Waals surface area contributed by atoms with E-state index in [2.05, 4.69) is 43.9 Å². The van der Waals surface area contributed by atoms with Crippen LogP contribution >= 0.6 is 11.6 Å². The van der Waals surface area contributed by atoms with Crippen molar-refractivity contribution in [3.63, 3.8) is 0 Å². The predicted octanol–water partition coefficient (Wildman–Crippen LogP) is 4.39. The molecule has 3 aromatic rings. The average molecular weight is 672 g/mol. The smallest absolute Gasteiger partial charge is 0.318 e. The SMILES string of the molecule is COC1CN(C/C=C/C(=O)N2CCN(c3nc(OCC45CCCN4CCC5)nc4c3CCN(c3cccc5cccc(Cl)c35)C4)CC2)C1. The molecule has 1 aromatic heterocycles. The number of amides is 1. The zero-order valence-electron chi connectivity index (χ0n) is 28.0. The van der Waals surface area contributed by atoms with Crippen LogP contribution in [0.3, 0.4) is 0 Å². The molecule has 4 fully saturated rings. The summed E-state index contributed by atoms with van der Waals surface area (Å²) < 4.78 is 11.9. The number of rotatable bonds is 9. The fourth-order valence-corrected chi connectivity index (χ4v) is 8.77. The van der Waals surface area contributed by atoms with Crippen molar-refractivity contribution in [3.8, 4) is 6.01 Å². The molecular weight excluding hydrogens is 626 g/mol. The van der Waals surface area contributed by atoms with E-state index in [9.17, 15) is 4.79 Å². The van der Waals surface area contributed by atoms with Gasteiger partial charge in [-0.1, -0.05) is 41.9 Å². The Bertz CT molecular complexity index is 1670. The second kappa shape index (κ2) is 13.5. The number of hydrogen-bond donors (Lipinski definition) is 0. The largest absolute Gasteiger partial charge is 0.461 e. The summed E-state index contributed by atoms with van der Waals surface area (Å²) in [5, 5.41) is 2.98. The Morgan fingerprint density at radius 1 is 0.979 bits per heavy atom. The van der Waals surface area contributed by atoms with E-state index in [1.807, 2.05) is 23.1 Å². The lowest BCUT2D eigenvalue weighted by Gasteiger charge is -2.38. The minimum atomic E-state index is 0.0773. The minimum absolute atomic E-state index is 0.0773. The van der Waals surface area contributed by atoms with E-state index in [-0.39, 0.29) is 11.4 Å². The van der Waals surface area contributed by atoms with E-state index in [1.165, 1.54) is 31.2 Å². The summed E-state index contributed by atoms with van der Waals surface area (Å²) in [6.45, 7) is 9.86. The van der Waals surface area contributed by atoms with Gasteiger partial charge >= 0.3 is 6.01 Å². The highest BCUT2D eigenvalue weighted by molar-refractivity contribution is 6.36. The lowest BCUT2D eigenvalue weighted by atomic mass is 9.95. The van der Waals surface area contributed by atoms with E-state index >= 15 is 0 Å². The normalized spacial score (nSPS) is 21.6. The van der Waals surface area contributed by atoms with Gasteiger partial charge < -0.3 is 24.2 Å². The second-order valence-corrected chi connectivity index (χ2v) is 14.4. The number of piperazine rings is 1. The van der Waals surface area contributed by atoms with Crippen LogP contribution in [-0.4, -0.2) is 121 Å². The molecule has 254 valence electrons. The van der Waals surface area contributed by atoms with Crippen LogP contribution in [0.5, 0.6) is 6.01 Å². The summed E-state index contributed by atoms with van der Waals surface area (Å²) in [7, 11) is 1.75. The highest BCUT2D eigenvalue weighted by Crippen LogP contribution is 2.40. The Hall–Kier alpha value is -3.44. The first kappa shape index (κ1) is 31.8. The van der Waals surface area contributed by atoms with Crippen LogP contribution in [-0.2, 0) is 22.5 Å². The number of carbonyl (C=O) groups excluding carboxylic acids is 1. The third-order valence-electron chi connectivity index (χ3n) is 11.2. The van der Waals surface area contributed by atoms with Crippen LogP contribution in [0.15, 0.2) is 48.6 Å². The summed E-state index contributed by atoms with van der Waals surface area (Å²) >= 11 is 6.75. The van der Waals surface area contributed by atoms with Crippen molar-refractivity contribution in [2.45, 2.75) is 50.3 Å². The summed E-state index contributed by atoms with van der Waals surface area (Å²) in [4.78, 5) is 34.8. The number of methoxy groups -OCH3 is 1. The fourth-order valence-electron chi connectivity index (χ4n) is 8.49. The first-order chi connectivity index (χ1) is 23.5. The number of ether oxygens (including phenoxy) is 2. The Labute approximate surface area is 288 Å². The third kappa shape index (κ3) is 6.12. The molecule has 5 aliphatic rings. The third-order valence-corrected chi connectivity index (χ3v) is 11.6. The summed E-state index contributed by atoms with van der Waals surface area (Å²) in [6.07, 6.45) is 9.67. The van der Waals surface area contributed by atoms with Gasteiger partial charge in [0.15, 0.2) is 0 Å². The maximum atomic E-state index is 13.0. The minimum Gasteiger partial charge on any atom is -0.461 e. The first-order valence-electron chi connectivity index (χ1n) is 17.6. The number of anilines is 2. The topological polar surface area (TPSA) is 77.5 Å². The number of hydrogen-bond acceptors (Lipinski definition) is 9. The van der Waals surface area contributed by atoms with Crippen molar-refractivity contribution in [3.05, 3.63) is 64.8 Å². The molecule has 0 N–H and O–H groups in total. The van der Waals surface area contributed by atoms with E-state index in [0.717, 1.165) is 91.8 Å². The molecule has 5 aliphatic heterocycles. The van der Waals surface area contributed by atoms with Gasteiger partial charge in [0, 0.05) is 82.2 Å². The molecule has 6 heterocycles. The number of nitrogens with zero attached hydrogens (tertiary/aromatic N) is 7. The van der Waals surface area contributed by atoms with E-state index in [1.54, 1.807) is 13.2 Å². The number of aromatic nitrogens is 2. The number of fused-ring (bicyclic) bond motifs is 3. The van der Waals surface area contributed by atoms with Crippen molar-refractivity contribution in [2.24, 2.45) is 0 Å². The van der Waals surface area contributed by atoms with Crippen LogP contribution in [0.4, 0.5) is 11.5 Å². The van der Waals surface area contributed by atoms with Crippen LogP contribution in [0, 0.1) is 0 Å².